The van der Waals surface area contributed by atoms with Crippen molar-refractivity contribution in [2.45, 2.75) is 6.54 Å². The van der Waals surface area contributed by atoms with Gasteiger partial charge in [-0.25, -0.2) is 0 Å². The molecule has 2 aromatic carbocycles. The van der Waals surface area contributed by atoms with Crippen molar-refractivity contribution in [3.05, 3.63) is 103 Å². The molecule has 0 atom stereocenters. The molecule has 0 aliphatic heterocycles. The van der Waals surface area contributed by atoms with Crippen molar-refractivity contribution < 1.29 is 9.53 Å². The number of para-hydroxylation sites is 1. The molecular weight excluding hydrogens is 438 g/mol. The number of aromatic nitrogens is 3. The van der Waals surface area contributed by atoms with E-state index in [0.29, 0.717) is 17.0 Å². The number of nitrogens with zero attached hydrogens (tertiary/aromatic N) is 3. The molecule has 0 aliphatic rings. The van der Waals surface area contributed by atoms with E-state index in [0.717, 1.165) is 40.0 Å². The minimum Gasteiger partial charge on any atom is -0.456 e. The Balaban J connectivity index is 1.38. The van der Waals surface area contributed by atoms with Gasteiger partial charge in [0, 0.05) is 35.4 Å². The highest BCUT2D eigenvalue weighted by molar-refractivity contribution is 6.13. The molecule has 7 heteroatoms. The van der Waals surface area contributed by atoms with E-state index in [1.54, 1.807) is 24.8 Å². The van der Waals surface area contributed by atoms with Gasteiger partial charge >= 0.3 is 0 Å². The van der Waals surface area contributed by atoms with Gasteiger partial charge in [-0.05, 0) is 62.1 Å². The summed E-state index contributed by atoms with van der Waals surface area (Å²) in [6, 6.07) is 21.3. The van der Waals surface area contributed by atoms with Crippen LogP contribution in [0.25, 0.3) is 22.0 Å². The Bertz CT molecular complexity index is 1460. The molecule has 2 N–H and O–H groups in total. The zero-order valence-electron chi connectivity index (χ0n) is 19.5. The molecule has 0 spiro atoms. The van der Waals surface area contributed by atoms with Crippen molar-refractivity contribution in [2.24, 2.45) is 0 Å². The summed E-state index contributed by atoms with van der Waals surface area (Å²) in [6.07, 6.45) is 6.88. The minimum absolute atomic E-state index is 0.199. The molecule has 0 fully saturated rings. The Morgan fingerprint density at radius 3 is 2.57 bits per heavy atom. The number of carbonyl (C=O) groups is 1. The average Bonchev–Trinajstić information content (AvgIpc) is 3.29. The van der Waals surface area contributed by atoms with Gasteiger partial charge < -0.3 is 19.9 Å². The number of H-pyrrole nitrogens is 1. The van der Waals surface area contributed by atoms with E-state index in [4.69, 9.17) is 4.74 Å². The number of fused-ring (bicyclic) bond motifs is 1. The Kier molecular flexibility index (Phi) is 6.24. The largest absolute Gasteiger partial charge is 0.456 e. The van der Waals surface area contributed by atoms with Crippen LogP contribution < -0.4 is 10.1 Å². The monoisotopic (exact) mass is 463 g/mol. The molecule has 0 saturated carbocycles. The van der Waals surface area contributed by atoms with E-state index >= 15 is 0 Å². The number of hydrogen-bond acceptors (Lipinski definition) is 5. The molecule has 35 heavy (non-hydrogen) atoms. The van der Waals surface area contributed by atoms with Crippen molar-refractivity contribution in [1.82, 2.24) is 19.9 Å². The first-order valence-electron chi connectivity index (χ1n) is 11.3. The molecule has 0 radical (unpaired) electrons. The SMILES string of the molecule is CN(C)Cc1ccc(NC(=O)c2c[nH]c3ccc(-c4cncc(Oc5ccccc5)c4)cc23)cn1. The van der Waals surface area contributed by atoms with Gasteiger partial charge in [-0.2, -0.15) is 0 Å². The lowest BCUT2D eigenvalue weighted by Gasteiger charge is -2.10. The second-order valence-corrected chi connectivity index (χ2v) is 8.52. The third-order valence-corrected chi connectivity index (χ3v) is 5.51. The number of aromatic amines is 1. The zero-order valence-corrected chi connectivity index (χ0v) is 19.5. The number of pyridine rings is 2. The summed E-state index contributed by atoms with van der Waals surface area (Å²) in [5.74, 6) is 1.19. The first kappa shape index (κ1) is 22.3. The van der Waals surface area contributed by atoms with Crippen LogP contribution >= 0.6 is 0 Å². The van der Waals surface area contributed by atoms with Crippen LogP contribution in [0.1, 0.15) is 16.1 Å². The number of hydrogen-bond donors (Lipinski definition) is 2. The molecule has 5 rings (SSSR count). The summed E-state index contributed by atoms with van der Waals surface area (Å²) in [5, 5.41) is 3.77. The van der Waals surface area contributed by atoms with Crippen molar-refractivity contribution in [2.75, 3.05) is 19.4 Å². The average molecular weight is 464 g/mol. The molecule has 0 unspecified atom stereocenters. The zero-order chi connectivity index (χ0) is 24.2. The fraction of sp³-hybridized carbons (Fsp3) is 0.107. The summed E-state index contributed by atoms with van der Waals surface area (Å²) in [6.45, 7) is 0.742. The van der Waals surface area contributed by atoms with Crippen molar-refractivity contribution >= 4 is 22.5 Å². The molecule has 0 saturated heterocycles. The minimum atomic E-state index is -0.199. The maximum absolute atomic E-state index is 13.1. The number of anilines is 1. The van der Waals surface area contributed by atoms with E-state index in [9.17, 15) is 4.79 Å². The summed E-state index contributed by atoms with van der Waals surface area (Å²) >= 11 is 0. The van der Waals surface area contributed by atoms with E-state index < -0.39 is 0 Å². The van der Waals surface area contributed by atoms with E-state index in [2.05, 4.69) is 20.3 Å². The molecule has 3 heterocycles. The van der Waals surface area contributed by atoms with Crippen LogP contribution in [0.4, 0.5) is 5.69 Å². The van der Waals surface area contributed by atoms with E-state index in [1.165, 1.54) is 0 Å². The molecule has 1 amide bonds. The Morgan fingerprint density at radius 1 is 0.943 bits per heavy atom. The van der Waals surface area contributed by atoms with Crippen LogP contribution in [-0.2, 0) is 6.54 Å². The highest BCUT2D eigenvalue weighted by Gasteiger charge is 2.14. The predicted molar refractivity (Wildman–Crippen MR) is 138 cm³/mol. The van der Waals surface area contributed by atoms with Crippen molar-refractivity contribution in [3.63, 3.8) is 0 Å². The third-order valence-electron chi connectivity index (χ3n) is 5.51. The fourth-order valence-corrected chi connectivity index (χ4v) is 3.86. The number of ether oxygens (including phenoxy) is 1. The van der Waals surface area contributed by atoms with Gasteiger partial charge in [0.05, 0.1) is 29.3 Å². The number of nitrogens with one attached hydrogen (secondary N) is 2. The Hall–Kier alpha value is -4.49. The van der Waals surface area contributed by atoms with Gasteiger partial charge in [0.15, 0.2) is 0 Å². The van der Waals surface area contributed by atoms with Gasteiger partial charge in [-0.1, -0.05) is 24.3 Å². The number of benzene rings is 2. The number of amides is 1. The quantitative estimate of drug-likeness (QED) is 0.322. The smallest absolute Gasteiger partial charge is 0.257 e. The summed E-state index contributed by atoms with van der Waals surface area (Å²) in [7, 11) is 3.98. The first-order valence-corrected chi connectivity index (χ1v) is 11.3. The summed E-state index contributed by atoms with van der Waals surface area (Å²) < 4.78 is 5.93. The van der Waals surface area contributed by atoms with Crippen LogP contribution in [0, 0.1) is 0 Å². The van der Waals surface area contributed by atoms with Gasteiger partial charge in [-0.3, -0.25) is 14.8 Å². The molecule has 174 valence electrons. The Morgan fingerprint density at radius 2 is 1.80 bits per heavy atom. The maximum Gasteiger partial charge on any atom is 0.257 e. The van der Waals surface area contributed by atoms with Crippen LogP contribution in [-0.4, -0.2) is 39.9 Å². The third kappa shape index (κ3) is 5.20. The molecular formula is C28H25N5O2. The topological polar surface area (TPSA) is 83.1 Å². The van der Waals surface area contributed by atoms with Crippen LogP contribution in [0.15, 0.2) is 91.5 Å². The van der Waals surface area contributed by atoms with E-state index in [1.807, 2.05) is 85.7 Å². The fourth-order valence-electron chi connectivity index (χ4n) is 3.86. The lowest BCUT2D eigenvalue weighted by molar-refractivity contribution is 0.102. The standard InChI is InChI=1S/C28H25N5O2/c1-33(2)18-22-10-9-21(15-30-22)32-28(34)26-17-31-27-11-8-19(13-25(26)27)20-12-24(16-29-14-20)35-23-6-4-3-5-7-23/h3-17,31H,18H2,1-2H3,(H,32,34). The highest BCUT2D eigenvalue weighted by atomic mass is 16.5. The van der Waals surface area contributed by atoms with Crippen molar-refractivity contribution in [3.8, 4) is 22.6 Å². The predicted octanol–water partition coefficient (Wildman–Crippen LogP) is 5.73. The lowest BCUT2D eigenvalue weighted by Crippen LogP contribution is -2.13. The summed E-state index contributed by atoms with van der Waals surface area (Å²) in [5.41, 5.74) is 4.86. The second kappa shape index (κ2) is 9.79. The number of rotatable bonds is 7. The van der Waals surface area contributed by atoms with Gasteiger partial charge in [-0.15, -0.1) is 0 Å². The van der Waals surface area contributed by atoms with Crippen LogP contribution in [0.3, 0.4) is 0 Å². The summed E-state index contributed by atoms with van der Waals surface area (Å²) in [4.78, 5) is 27.1. The molecule has 3 aromatic heterocycles. The first-order chi connectivity index (χ1) is 17.0. The molecule has 5 aromatic rings. The number of carbonyl (C=O) groups excluding carboxylic acids is 1. The maximum atomic E-state index is 13.1. The van der Waals surface area contributed by atoms with Gasteiger partial charge in [0.2, 0.25) is 0 Å². The molecule has 0 bridgehead atoms. The van der Waals surface area contributed by atoms with Crippen LogP contribution in [0.5, 0.6) is 11.5 Å². The van der Waals surface area contributed by atoms with Gasteiger partial charge in [0.25, 0.3) is 5.91 Å². The second-order valence-electron chi connectivity index (χ2n) is 8.52. The van der Waals surface area contributed by atoms with Crippen LogP contribution in [0.2, 0.25) is 0 Å². The Labute approximate surface area is 203 Å². The van der Waals surface area contributed by atoms with Gasteiger partial charge in [0.1, 0.15) is 11.5 Å². The lowest BCUT2D eigenvalue weighted by atomic mass is 10.0. The normalized spacial score (nSPS) is 11.1. The molecule has 7 nitrogen and oxygen atoms in total. The van der Waals surface area contributed by atoms with E-state index in [-0.39, 0.29) is 5.91 Å². The van der Waals surface area contributed by atoms with Crippen molar-refractivity contribution in [1.29, 1.82) is 0 Å². The highest BCUT2D eigenvalue weighted by Crippen LogP contribution is 2.30. The molecule has 0 aliphatic carbocycles.